The van der Waals surface area contributed by atoms with Crippen molar-refractivity contribution in [2.75, 3.05) is 0 Å². The number of amides is 1. The van der Waals surface area contributed by atoms with E-state index in [9.17, 15) is 9.59 Å². The maximum Gasteiger partial charge on any atom is 0.335 e. The molecule has 1 aliphatic heterocycles. The van der Waals surface area contributed by atoms with Gasteiger partial charge in [-0.25, -0.2) is 10.2 Å². The van der Waals surface area contributed by atoms with Crippen molar-refractivity contribution in [3.8, 4) is 0 Å². The van der Waals surface area contributed by atoms with E-state index < -0.39 is 5.97 Å². The molecule has 4 N–H and O–H groups in total. The van der Waals surface area contributed by atoms with Gasteiger partial charge >= 0.3 is 5.97 Å². The summed E-state index contributed by atoms with van der Waals surface area (Å²) in [5.41, 5.74) is 7.18. The molecule has 1 aromatic rings. The van der Waals surface area contributed by atoms with Crippen molar-refractivity contribution >= 4 is 11.9 Å². The Morgan fingerprint density at radius 2 is 2.00 bits per heavy atom. The predicted molar refractivity (Wildman–Crippen MR) is 74.0 cm³/mol. The number of carbonyl (C=O) groups is 2. The third kappa shape index (κ3) is 3.55. The number of carboxylic acids is 1. The standard InChI is InChI=1S/C14H19N3O3/c1-2-11-7-12(17-16-11)13(18)15-8-9-3-5-10(6-4-9)14(19)20/h3-6,11-12,16-17H,2,7-8H2,1H3,(H,15,18)(H,19,20). The molecule has 1 heterocycles. The molecule has 6 nitrogen and oxygen atoms in total. The zero-order chi connectivity index (χ0) is 14.5. The van der Waals surface area contributed by atoms with E-state index in [1.165, 1.54) is 12.1 Å². The van der Waals surface area contributed by atoms with E-state index in [0.717, 1.165) is 18.4 Å². The molecule has 1 aliphatic rings. The minimum atomic E-state index is -0.951. The van der Waals surface area contributed by atoms with E-state index in [1.54, 1.807) is 12.1 Å². The Hall–Kier alpha value is -1.92. The van der Waals surface area contributed by atoms with E-state index >= 15 is 0 Å². The Kier molecular flexibility index (Phi) is 4.70. The van der Waals surface area contributed by atoms with Gasteiger partial charge in [0.15, 0.2) is 0 Å². The van der Waals surface area contributed by atoms with Crippen LogP contribution in [0.1, 0.15) is 35.7 Å². The molecule has 2 unspecified atom stereocenters. The highest BCUT2D eigenvalue weighted by atomic mass is 16.4. The fraction of sp³-hybridized carbons (Fsp3) is 0.429. The van der Waals surface area contributed by atoms with E-state index in [-0.39, 0.29) is 17.5 Å². The van der Waals surface area contributed by atoms with E-state index in [0.29, 0.717) is 12.6 Å². The Morgan fingerprint density at radius 3 is 2.55 bits per heavy atom. The molecule has 1 aromatic carbocycles. The zero-order valence-corrected chi connectivity index (χ0v) is 11.3. The van der Waals surface area contributed by atoms with Crippen LogP contribution in [-0.2, 0) is 11.3 Å². The molecule has 6 heteroatoms. The smallest absolute Gasteiger partial charge is 0.335 e. The summed E-state index contributed by atoms with van der Waals surface area (Å²) < 4.78 is 0. The molecular formula is C14H19N3O3. The third-order valence-electron chi connectivity index (χ3n) is 3.46. The fourth-order valence-electron chi connectivity index (χ4n) is 2.14. The van der Waals surface area contributed by atoms with Gasteiger partial charge in [0.1, 0.15) is 6.04 Å². The lowest BCUT2D eigenvalue weighted by Gasteiger charge is -2.10. The second kappa shape index (κ2) is 6.49. The van der Waals surface area contributed by atoms with Crippen molar-refractivity contribution in [3.05, 3.63) is 35.4 Å². The summed E-state index contributed by atoms with van der Waals surface area (Å²) in [6.45, 7) is 2.47. The average molecular weight is 277 g/mol. The summed E-state index contributed by atoms with van der Waals surface area (Å²) in [6.07, 6.45) is 1.76. The van der Waals surface area contributed by atoms with Gasteiger partial charge in [0.2, 0.25) is 5.91 Å². The zero-order valence-electron chi connectivity index (χ0n) is 11.3. The van der Waals surface area contributed by atoms with Crippen LogP contribution >= 0.6 is 0 Å². The highest BCUT2D eigenvalue weighted by Crippen LogP contribution is 2.09. The lowest BCUT2D eigenvalue weighted by Crippen LogP contribution is -2.43. The molecule has 2 atom stereocenters. The summed E-state index contributed by atoms with van der Waals surface area (Å²) >= 11 is 0. The molecule has 20 heavy (non-hydrogen) atoms. The molecule has 0 saturated carbocycles. The van der Waals surface area contributed by atoms with Crippen LogP contribution < -0.4 is 16.2 Å². The second-order valence-corrected chi connectivity index (χ2v) is 4.90. The number of hydrogen-bond acceptors (Lipinski definition) is 4. The Morgan fingerprint density at radius 1 is 1.30 bits per heavy atom. The molecule has 0 radical (unpaired) electrons. The number of nitrogens with one attached hydrogen (secondary N) is 3. The summed E-state index contributed by atoms with van der Waals surface area (Å²) in [7, 11) is 0. The summed E-state index contributed by atoms with van der Waals surface area (Å²) in [5.74, 6) is -0.997. The van der Waals surface area contributed by atoms with Gasteiger partial charge in [0.05, 0.1) is 5.56 Å². The molecule has 108 valence electrons. The van der Waals surface area contributed by atoms with E-state index in [4.69, 9.17) is 5.11 Å². The molecule has 0 spiro atoms. The van der Waals surface area contributed by atoms with Gasteiger partial charge in [-0.05, 0) is 30.5 Å². The van der Waals surface area contributed by atoms with Crippen molar-refractivity contribution < 1.29 is 14.7 Å². The van der Waals surface area contributed by atoms with Gasteiger partial charge in [-0.3, -0.25) is 10.2 Å². The van der Waals surface area contributed by atoms with Crippen molar-refractivity contribution in [2.45, 2.75) is 38.4 Å². The van der Waals surface area contributed by atoms with Crippen molar-refractivity contribution in [1.82, 2.24) is 16.2 Å². The highest BCUT2D eigenvalue weighted by Gasteiger charge is 2.27. The lowest BCUT2D eigenvalue weighted by atomic mass is 10.1. The monoisotopic (exact) mass is 277 g/mol. The molecular weight excluding hydrogens is 258 g/mol. The topological polar surface area (TPSA) is 90.5 Å². The van der Waals surface area contributed by atoms with Crippen molar-refractivity contribution in [2.24, 2.45) is 0 Å². The van der Waals surface area contributed by atoms with Gasteiger partial charge in [-0.2, -0.15) is 0 Å². The van der Waals surface area contributed by atoms with Crippen LogP contribution in [0.3, 0.4) is 0 Å². The fourth-order valence-corrected chi connectivity index (χ4v) is 2.14. The van der Waals surface area contributed by atoms with E-state index in [1.807, 2.05) is 0 Å². The molecule has 1 saturated heterocycles. The van der Waals surface area contributed by atoms with E-state index in [2.05, 4.69) is 23.1 Å². The number of carboxylic acid groups (broad SMARTS) is 1. The van der Waals surface area contributed by atoms with Crippen LogP contribution in [0.5, 0.6) is 0 Å². The summed E-state index contributed by atoms with van der Waals surface area (Å²) in [6, 6.07) is 6.61. The highest BCUT2D eigenvalue weighted by molar-refractivity contribution is 5.87. The second-order valence-electron chi connectivity index (χ2n) is 4.90. The van der Waals surface area contributed by atoms with Gasteiger partial charge < -0.3 is 10.4 Å². The quantitative estimate of drug-likeness (QED) is 0.634. The van der Waals surface area contributed by atoms with Crippen LogP contribution in [0.15, 0.2) is 24.3 Å². The Labute approximate surface area is 117 Å². The Bertz CT molecular complexity index is 487. The molecule has 0 aromatic heterocycles. The number of hydrogen-bond donors (Lipinski definition) is 4. The first kappa shape index (κ1) is 14.5. The SMILES string of the molecule is CCC1CC(C(=O)NCc2ccc(C(=O)O)cc2)NN1. The molecule has 0 bridgehead atoms. The van der Waals surface area contributed by atoms with Gasteiger partial charge in [-0.15, -0.1) is 0 Å². The van der Waals surface area contributed by atoms with Crippen LogP contribution in [0.4, 0.5) is 0 Å². The van der Waals surface area contributed by atoms with Crippen molar-refractivity contribution in [1.29, 1.82) is 0 Å². The van der Waals surface area contributed by atoms with Gasteiger partial charge in [0.25, 0.3) is 0 Å². The minimum absolute atomic E-state index is 0.0456. The first-order chi connectivity index (χ1) is 9.60. The first-order valence-electron chi connectivity index (χ1n) is 6.71. The van der Waals surface area contributed by atoms with Gasteiger partial charge in [0, 0.05) is 12.6 Å². The predicted octanol–water partition coefficient (Wildman–Crippen LogP) is 0.646. The number of aromatic carboxylic acids is 1. The minimum Gasteiger partial charge on any atom is -0.478 e. The normalized spacial score (nSPS) is 21.6. The molecule has 1 fully saturated rings. The number of carbonyl (C=O) groups excluding carboxylic acids is 1. The van der Waals surface area contributed by atoms with Crippen LogP contribution in [0.2, 0.25) is 0 Å². The van der Waals surface area contributed by atoms with Crippen molar-refractivity contribution in [3.63, 3.8) is 0 Å². The van der Waals surface area contributed by atoms with Crippen LogP contribution in [-0.4, -0.2) is 29.1 Å². The lowest BCUT2D eigenvalue weighted by molar-refractivity contribution is -0.123. The summed E-state index contributed by atoms with van der Waals surface area (Å²) in [4.78, 5) is 22.7. The van der Waals surface area contributed by atoms with Crippen LogP contribution in [0, 0.1) is 0 Å². The Balaban J connectivity index is 1.83. The number of rotatable bonds is 5. The summed E-state index contributed by atoms with van der Waals surface area (Å²) in [5, 5.41) is 11.6. The number of hydrazine groups is 1. The molecule has 0 aliphatic carbocycles. The maximum atomic E-state index is 11.9. The largest absolute Gasteiger partial charge is 0.478 e. The average Bonchev–Trinajstić information content (AvgIpc) is 2.94. The number of benzene rings is 1. The van der Waals surface area contributed by atoms with Gasteiger partial charge in [-0.1, -0.05) is 19.1 Å². The first-order valence-corrected chi connectivity index (χ1v) is 6.71. The molecule has 1 amide bonds. The third-order valence-corrected chi connectivity index (χ3v) is 3.46. The molecule has 2 rings (SSSR count). The van der Waals surface area contributed by atoms with Crippen LogP contribution in [0.25, 0.3) is 0 Å². The maximum absolute atomic E-state index is 11.9.